The topological polar surface area (TPSA) is 128 Å². The van der Waals surface area contributed by atoms with Crippen LogP contribution in [0.2, 0.25) is 18.1 Å². The smallest absolute Gasteiger partial charge is 0.287 e. The first-order valence-corrected chi connectivity index (χ1v) is 14.2. The van der Waals surface area contributed by atoms with E-state index in [0.717, 1.165) is 37.8 Å². The fourth-order valence-corrected chi connectivity index (χ4v) is 4.52. The Morgan fingerprint density at radius 3 is 1.71 bits per heavy atom. The van der Waals surface area contributed by atoms with E-state index >= 15 is 0 Å². The SMILES string of the molecule is CC(C)(C)[Si](C)(C)OC1CN(c2ccc([N+](=O)[O-])cn2)C1.O=[N+]([O-])c1ccc(N2CCC2)nc1. The van der Waals surface area contributed by atoms with Crippen molar-refractivity contribution in [3.05, 3.63) is 56.9 Å². The first-order valence-electron chi connectivity index (χ1n) is 11.3. The summed E-state index contributed by atoms with van der Waals surface area (Å²) in [5.41, 5.74) is 0.0672. The van der Waals surface area contributed by atoms with Gasteiger partial charge in [0.15, 0.2) is 8.32 Å². The fraction of sp³-hybridized carbons (Fsp3) is 0.545. The van der Waals surface area contributed by atoms with E-state index in [1.165, 1.54) is 30.9 Å². The average molecular weight is 489 g/mol. The van der Waals surface area contributed by atoms with Crippen LogP contribution in [0.5, 0.6) is 0 Å². The Balaban J connectivity index is 0.000000212. The third kappa shape index (κ3) is 6.06. The summed E-state index contributed by atoms with van der Waals surface area (Å²) in [5, 5.41) is 21.1. The van der Waals surface area contributed by atoms with Crippen molar-refractivity contribution in [2.45, 2.75) is 51.4 Å². The summed E-state index contributed by atoms with van der Waals surface area (Å²) in [6.45, 7) is 14.8. The second kappa shape index (κ2) is 10.0. The molecule has 2 aromatic heterocycles. The van der Waals surface area contributed by atoms with Crippen LogP contribution in [0.1, 0.15) is 27.2 Å². The molecule has 4 rings (SSSR count). The molecular weight excluding hydrogens is 456 g/mol. The number of nitrogens with zero attached hydrogens (tertiary/aromatic N) is 6. The summed E-state index contributed by atoms with van der Waals surface area (Å²) in [7, 11) is -1.73. The lowest BCUT2D eigenvalue weighted by Crippen LogP contribution is -2.58. The number of pyridine rings is 2. The third-order valence-electron chi connectivity index (χ3n) is 6.51. The van der Waals surface area contributed by atoms with Crippen molar-refractivity contribution in [1.82, 2.24) is 9.97 Å². The van der Waals surface area contributed by atoms with E-state index in [4.69, 9.17) is 4.43 Å². The Kier molecular flexibility index (Phi) is 7.51. The number of anilines is 2. The molecule has 0 saturated carbocycles. The highest BCUT2D eigenvalue weighted by Crippen LogP contribution is 2.38. The Bertz CT molecular complexity index is 1000. The summed E-state index contributed by atoms with van der Waals surface area (Å²) in [6, 6.07) is 6.36. The molecule has 4 heterocycles. The number of aromatic nitrogens is 2. The van der Waals surface area contributed by atoms with Crippen molar-refractivity contribution >= 4 is 31.3 Å². The molecule has 0 atom stereocenters. The minimum atomic E-state index is -1.73. The molecule has 2 aliphatic heterocycles. The molecule has 0 N–H and O–H groups in total. The van der Waals surface area contributed by atoms with Crippen LogP contribution in [-0.2, 0) is 4.43 Å². The fourth-order valence-electron chi connectivity index (χ4n) is 3.19. The van der Waals surface area contributed by atoms with Crippen LogP contribution in [0, 0.1) is 20.2 Å². The molecule has 0 radical (unpaired) electrons. The van der Waals surface area contributed by atoms with Gasteiger partial charge in [0, 0.05) is 38.3 Å². The van der Waals surface area contributed by atoms with Gasteiger partial charge in [-0.2, -0.15) is 0 Å². The van der Waals surface area contributed by atoms with Gasteiger partial charge in [-0.25, -0.2) is 9.97 Å². The zero-order valence-corrected chi connectivity index (χ0v) is 21.3. The van der Waals surface area contributed by atoms with Gasteiger partial charge in [-0.1, -0.05) is 20.8 Å². The monoisotopic (exact) mass is 488 g/mol. The molecule has 2 aliphatic rings. The van der Waals surface area contributed by atoms with E-state index in [0.29, 0.717) is 0 Å². The van der Waals surface area contributed by atoms with Crippen LogP contribution in [0.3, 0.4) is 0 Å². The normalized spacial score (nSPS) is 16.1. The predicted octanol–water partition coefficient (Wildman–Crippen LogP) is 4.40. The quantitative estimate of drug-likeness (QED) is 0.330. The molecule has 12 heteroatoms. The van der Waals surface area contributed by atoms with Gasteiger partial charge in [0.05, 0.1) is 16.0 Å². The molecule has 0 amide bonds. The maximum absolute atomic E-state index is 10.6. The Labute approximate surface area is 200 Å². The summed E-state index contributed by atoms with van der Waals surface area (Å²) in [4.78, 5) is 32.4. The van der Waals surface area contributed by atoms with E-state index in [9.17, 15) is 20.2 Å². The molecule has 2 saturated heterocycles. The van der Waals surface area contributed by atoms with Gasteiger partial charge in [0.2, 0.25) is 0 Å². The molecule has 0 aromatic carbocycles. The van der Waals surface area contributed by atoms with Crippen LogP contribution in [0.15, 0.2) is 36.7 Å². The van der Waals surface area contributed by atoms with E-state index < -0.39 is 18.2 Å². The standard InChI is InChI=1S/C14H23N3O3Si.C8H9N3O2/c1-14(2,3)21(4,5)20-12-9-16(10-12)13-7-6-11(8-15-13)17(18)19;12-11(13)7-2-3-8(9-6-7)10-4-1-5-10/h6-8,12H,9-10H2,1-5H3;2-3,6H,1,4-5H2. The average Bonchev–Trinajstić information content (AvgIpc) is 2.69. The largest absolute Gasteiger partial charge is 0.410 e. The lowest BCUT2D eigenvalue weighted by atomic mass is 10.2. The van der Waals surface area contributed by atoms with Gasteiger partial charge >= 0.3 is 0 Å². The van der Waals surface area contributed by atoms with E-state index in [-0.39, 0.29) is 22.5 Å². The number of nitro groups is 2. The van der Waals surface area contributed by atoms with Crippen molar-refractivity contribution in [1.29, 1.82) is 0 Å². The molecule has 2 aromatic rings. The summed E-state index contributed by atoms with van der Waals surface area (Å²) < 4.78 is 6.31. The van der Waals surface area contributed by atoms with Gasteiger partial charge in [0.25, 0.3) is 11.4 Å². The lowest BCUT2D eigenvalue weighted by molar-refractivity contribution is -0.385. The molecule has 2 fully saturated rings. The number of hydrogen-bond donors (Lipinski definition) is 0. The zero-order valence-electron chi connectivity index (χ0n) is 20.3. The van der Waals surface area contributed by atoms with E-state index in [2.05, 4.69) is 53.6 Å². The second-order valence-electron chi connectivity index (χ2n) is 10.0. The van der Waals surface area contributed by atoms with Crippen LogP contribution in [0.4, 0.5) is 23.0 Å². The molecule has 34 heavy (non-hydrogen) atoms. The highest BCUT2D eigenvalue weighted by atomic mass is 28.4. The highest BCUT2D eigenvalue weighted by Gasteiger charge is 2.42. The lowest BCUT2D eigenvalue weighted by Gasteiger charge is -2.46. The number of rotatable bonds is 6. The van der Waals surface area contributed by atoms with E-state index in [1.807, 2.05) is 0 Å². The zero-order chi connectivity index (χ0) is 25.1. The summed E-state index contributed by atoms with van der Waals surface area (Å²) in [6.07, 6.45) is 4.02. The third-order valence-corrected chi connectivity index (χ3v) is 11.0. The van der Waals surface area contributed by atoms with Gasteiger partial charge < -0.3 is 14.2 Å². The molecule has 0 bridgehead atoms. The predicted molar refractivity (Wildman–Crippen MR) is 133 cm³/mol. The van der Waals surface area contributed by atoms with Gasteiger partial charge in [-0.15, -0.1) is 0 Å². The van der Waals surface area contributed by atoms with Crippen molar-refractivity contribution in [2.24, 2.45) is 0 Å². The second-order valence-corrected chi connectivity index (χ2v) is 14.8. The maximum atomic E-state index is 10.6. The highest BCUT2D eigenvalue weighted by molar-refractivity contribution is 6.74. The van der Waals surface area contributed by atoms with Crippen LogP contribution in [0.25, 0.3) is 0 Å². The van der Waals surface area contributed by atoms with Gasteiger partial charge in [0.1, 0.15) is 24.0 Å². The molecule has 0 aliphatic carbocycles. The van der Waals surface area contributed by atoms with Crippen LogP contribution in [-0.4, -0.2) is 60.4 Å². The number of hydrogen-bond acceptors (Lipinski definition) is 9. The van der Waals surface area contributed by atoms with E-state index in [1.54, 1.807) is 12.1 Å². The Hall–Kier alpha value is -3.12. The summed E-state index contributed by atoms with van der Waals surface area (Å²) >= 11 is 0. The van der Waals surface area contributed by atoms with Crippen molar-refractivity contribution in [2.75, 3.05) is 36.0 Å². The maximum Gasteiger partial charge on any atom is 0.287 e. The molecule has 0 unspecified atom stereocenters. The van der Waals surface area contributed by atoms with Crippen LogP contribution >= 0.6 is 0 Å². The first-order chi connectivity index (χ1) is 15.9. The van der Waals surface area contributed by atoms with Crippen molar-refractivity contribution < 1.29 is 14.3 Å². The summed E-state index contributed by atoms with van der Waals surface area (Å²) in [5.74, 6) is 1.60. The first kappa shape index (κ1) is 25.5. The van der Waals surface area contributed by atoms with Gasteiger partial charge in [-0.05, 0) is 36.7 Å². The Morgan fingerprint density at radius 1 is 0.912 bits per heavy atom. The molecule has 184 valence electrons. The van der Waals surface area contributed by atoms with Crippen LogP contribution < -0.4 is 9.80 Å². The van der Waals surface area contributed by atoms with Gasteiger partial charge in [-0.3, -0.25) is 20.2 Å². The van der Waals surface area contributed by atoms with Crippen molar-refractivity contribution in [3.8, 4) is 0 Å². The molecular formula is C22H32N6O5Si. The molecule has 11 nitrogen and oxygen atoms in total. The molecule has 0 spiro atoms. The minimum Gasteiger partial charge on any atom is -0.410 e. The van der Waals surface area contributed by atoms with Crippen molar-refractivity contribution in [3.63, 3.8) is 0 Å². The Morgan fingerprint density at radius 2 is 1.38 bits per heavy atom. The minimum absolute atomic E-state index is 0.0216.